The third kappa shape index (κ3) is 2.51. The second-order valence-electron chi connectivity index (χ2n) is 3.41. The van der Waals surface area contributed by atoms with Gasteiger partial charge in [-0.1, -0.05) is 6.58 Å². The molecule has 0 aliphatic carbocycles. The number of hydrogen-bond donors (Lipinski definition) is 1. The number of carbonyl (C=O) groups excluding carboxylic acids is 2. The Bertz CT molecular complexity index is 276. The van der Waals surface area contributed by atoms with E-state index >= 15 is 0 Å². The van der Waals surface area contributed by atoms with Crippen molar-refractivity contribution in [1.29, 1.82) is 0 Å². The van der Waals surface area contributed by atoms with Crippen LogP contribution >= 0.6 is 12.6 Å². The van der Waals surface area contributed by atoms with Crippen LogP contribution in [0.15, 0.2) is 12.2 Å². The van der Waals surface area contributed by atoms with E-state index in [1.54, 1.807) is 7.05 Å². The minimum Gasteiger partial charge on any atom is -0.335 e. The van der Waals surface area contributed by atoms with Gasteiger partial charge in [-0.25, -0.2) is 0 Å². The van der Waals surface area contributed by atoms with Crippen molar-refractivity contribution in [2.24, 2.45) is 0 Å². The SMILES string of the molecule is C=C(CS)CN1CC(=O)N(C)CC1=O. The first-order valence-corrected chi connectivity index (χ1v) is 4.97. The van der Waals surface area contributed by atoms with E-state index in [2.05, 4.69) is 19.2 Å². The van der Waals surface area contributed by atoms with Gasteiger partial charge in [-0.15, -0.1) is 0 Å². The first-order valence-electron chi connectivity index (χ1n) is 4.34. The van der Waals surface area contributed by atoms with Crippen molar-refractivity contribution >= 4 is 24.4 Å². The maximum atomic E-state index is 11.5. The van der Waals surface area contributed by atoms with E-state index in [1.165, 1.54) is 9.80 Å². The van der Waals surface area contributed by atoms with Crippen LogP contribution in [0.3, 0.4) is 0 Å². The van der Waals surface area contributed by atoms with Crippen molar-refractivity contribution in [2.45, 2.75) is 0 Å². The summed E-state index contributed by atoms with van der Waals surface area (Å²) < 4.78 is 0. The molecule has 0 unspecified atom stereocenters. The zero-order chi connectivity index (χ0) is 10.7. The number of likely N-dealkylation sites (N-methyl/N-ethyl adjacent to an activating group) is 1. The van der Waals surface area contributed by atoms with Crippen molar-refractivity contribution in [2.75, 3.05) is 32.4 Å². The van der Waals surface area contributed by atoms with Crippen LogP contribution < -0.4 is 0 Å². The van der Waals surface area contributed by atoms with Gasteiger partial charge in [-0.2, -0.15) is 12.6 Å². The van der Waals surface area contributed by atoms with Crippen LogP contribution in [0.25, 0.3) is 0 Å². The molecule has 0 bridgehead atoms. The Hall–Kier alpha value is -0.970. The Balaban J connectivity index is 2.57. The van der Waals surface area contributed by atoms with Gasteiger partial charge < -0.3 is 9.80 Å². The lowest BCUT2D eigenvalue weighted by Crippen LogP contribution is -2.52. The summed E-state index contributed by atoms with van der Waals surface area (Å²) in [5, 5.41) is 0. The molecule has 0 spiro atoms. The van der Waals surface area contributed by atoms with Gasteiger partial charge in [-0.3, -0.25) is 9.59 Å². The Kier molecular flexibility index (Phi) is 3.57. The molecule has 4 nitrogen and oxygen atoms in total. The minimum absolute atomic E-state index is 0.0310. The number of amides is 2. The van der Waals surface area contributed by atoms with Gasteiger partial charge >= 0.3 is 0 Å². The molecule has 0 atom stereocenters. The summed E-state index contributed by atoms with van der Waals surface area (Å²) in [6.45, 7) is 4.50. The van der Waals surface area contributed by atoms with E-state index in [9.17, 15) is 9.59 Å². The Labute approximate surface area is 89.0 Å². The van der Waals surface area contributed by atoms with Gasteiger partial charge in [-0.05, 0) is 5.57 Å². The van der Waals surface area contributed by atoms with Gasteiger partial charge in [0.15, 0.2) is 0 Å². The summed E-state index contributed by atoms with van der Waals surface area (Å²) in [4.78, 5) is 25.7. The third-order valence-corrected chi connectivity index (χ3v) is 2.56. The minimum atomic E-state index is -0.0324. The molecule has 1 fully saturated rings. The molecular weight excluding hydrogens is 200 g/mol. The zero-order valence-corrected chi connectivity index (χ0v) is 9.09. The molecule has 0 N–H and O–H groups in total. The van der Waals surface area contributed by atoms with Crippen molar-refractivity contribution in [3.8, 4) is 0 Å². The summed E-state index contributed by atoms with van der Waals surface area (Å²) >= 11 is 4.05. The second-order valence-corrected chi connectivity index (χ2v) is 3.72. The molecule has 1 aliphatic rings. The van der Waals surface area contributed by atoms with Gasteiger partial charge in [0.1, 0.15) is 6.54 Å². The highest BCUT2D eigenvalue weighted by Gasteiger charge is 2.27. The fraction of sp³-hybridized carbons (Fsp3) is 0.556. The highest BCUT2D eigenvalue weighted by molar-refractivity contribution is 7.80. The quantitative estimate of drug-likeness (QED) is 0.521. The number of nitrogens with zero attached hydrogens (tertiary/aromatic N) is 2. The summed E-state index contributed by atoms with van der Waals surface area (Å²) in [5.41, 5.74) is 0.846. The molecule has 0 aromatic carbocycles. The van der Waals surface area contributed by atoms with Crippen LogP contribution in [0, 0.1) is 0 Å². The third-order valence-electron chi connectivity index (χ3n) is 2.12. The highest BCUT2D eigenvalue weighted by atomic mass is 32.1. The molecule has 0 radical (unpaired) electrons. The molecular formula is C9H14N2O2S. The van der Waals surface area contributed by atoms with Gasteiger partial charge in [0.05, 0.1) is 6.54 Å². The van der Waals surface area contributed by atoms with Gasteiger partial charge in [0.25, 0.3) is 0 Å². The molecule has 2 amide bonds. The Morgan fingerprint density at radius 1 is 1.43 bits per heavy atom. The standard InChI is InChI=1S/C9H14N2O2S/c1-7(6-14)3-11-5-8(12)10(2)4-9(11)13/h14H,1,3-6H2,2H3. The number of hydrogen-bond acceptors (Lipinski definition) is 3. The molecule has 1 heterocycles. The molecule has 78 valence electrons. The lowest BCUT2D eigenvalue weighted by atomic mass is 10.2. The molecule has 0 aromatic rings. The molecule has 1 aliphatic heterocycles. The van der Waals surface area contributed by atoms with Crippen LogP contribution in [0.2, 0.25) is 0 Å². The van der Waals surface area contributed by atoms with E-state index in [-0.39, 0.29) is 24.9 Å². The van der Waals surface area contributed by atoms with E-state index < -0.39 is 0 Å². The average Bonchev–Trinajstić information content (AvgIpc) is 2.14. The van der Waals surface area contributed by atoms with E-state index in [0.717, 1.165) is 5.57 Å². The van der Waals surface area contributed by atoms with E-state index in [1.807, 2.05) is 0 Å². The Morgan fingerprint density at radius 2 is 2.07 bits per heavy atom. The van der Waals surface area contributed by atoms with Gasteiger partial charge in [0.2, 0.25) is 11.8 Å². The fourth-order valence-corrected chi connectivity index (χ4v) is 1.33. The van der Waals surface area contributed by atoms with Crippen LogP contribution in [0.4, 0.5) is 0 Å². The van der Waals surface area contributed by atoms with Crippen LogP contribution in [-0.4, -0.2) is 54.0 Å². The first kappa shape index (κ1) is 11.1. The predicted octanol–water partition coefficient (Wildman–Crippen LogP) is -0.227. The van der Waals surface area contributed by atoms with Crippen molar-refractivity contribution in [3.05, 3.63) is 12.2 Å². The van der Waals surface area contributed by atoms with Gasteiger partial charge in [0, 0.05) is 19.3 Å². The predicted molar refractivity (Wildman–Crippen MR) is 57.2 cm³/mol. The largest absolute Gasteiger partial charge is 0.335 e. The zero-order valence-electron chi connectivity index (χ0n) is 8.19. The fourth-order valence-electron chi connectivity index (χ4n) is 1.23. The lowest BCUT2D eigenvalue weighted by Gasteiger charge is -2.31. The molecule has 0 aromatic heterocycles. The number of piperazine rings is 1. The maximum Gasteiger partial charge on any atom is 0.242 e. The summed E-state index contributed by atoms with van der Waals surface area (Å²) in [5.74, 6) is 0.472. The summed E-state index contributed by atoms with van der Waals surface area (Å²) in [7, 11) is 1.63. The second kappa shape index (κ2) is 4.50. The smallest absolute Gasteiger partial charge is 0.242 e. The average molecular weight is 214 g/mol. The molecule has 14 heavy (non-hydrogen) atoms. The van der Waals surface area contributed by atoms with Crippen molar-refractivity contribution in [3.63, 3.8) is 0 Å². The van der Waals surface area contributed by atoms with Crippen LogP contribution in [0.1, 0.15) is 0 Å². The van der Waals surface area contributed by atoms with Crippen LogP contribution in [-0.2, 0) is 9.59 Å². The monoisotopic (exact) mass is 214 g/mol. The highest BCUT2D eigenvalue weighted by Crippen LogP contribution is 2.06. The van der Waals surface area contributed by atoms with Crippen LogP contribution in [0.5, 0.6) is 0 Å². The molecule has 1 rings (SSSR count). The number of thiol groups is 1. The van der Waals surface area contributed by atoms with E-state index in [0.29, 0.717) is 12.3 Å². The van der Waals surface area contributed by atoms with Crippen molar-refractivity contribution in [1.82, 2.24) is 9.80 Å². The summed E-state index contributed by atoms with van der Waals surface area (Å²) in [6.07, 6.45) is 0. The molecule has 5 heteroatoms. The number of rotatable bonds is 3. The topological polar surface area (TPSA) is 40.6 Å². The normalized spacial score (nSPS) is 17.6. The van der Waals surface area contributed by atoms with E-state index in [4.69, 9.17) is 0 Å². The summed E-state index contributed by atoms with van der Waals surface area (Å²) in [6, 6.07) is 0. The van der Waals surface area contributed by atoms with Crippen molar-refractivity contribution < 1.29 is 9.59 Å². The Morgan fingerprint density at radius 3 is 2.64 bits per heavy atom. The lowest BCUT2D eigenvalue weighted by molar-refractivity contribution is -0.148. The number of carbonyl (C=O) groups is 2. The molecule has 0 saturated carbocycles. The maximum absolute atomic E-state index is 11.5. The molecule has 1 saturated heterocycles. The first-order chi connectivity index (χ1) is 6.54.